The van der Waals surface area contributed by atoms with E-state index in [0.717, 1.165) is 9.26 Å². The first kappa shape index (κ1) is 15.4. The Labute approximate surface area is 147 Å². The lowest BCUT2D eigenvalue weighted by Crippen LogP contribution is -2.37. The van der Waals surface area contributed by atoms with Crippen molar-refractivity contribution in [2.24, 2.45) is 0 Å². The number of aliphatic hydroxyl groups is 1. The van der Waals surface area contributed by atoms with Crippen LogP contribution in [-0.2, 0) is 0 Å². The Morgan fingerprint density at radius 2 is 1.77 bits per heavy atom. The first-order valence-corrected chi connectivity index (χ1v) is 8.20. The molecule has 3 rings (SSSR count). The van der Waals surface area contributed by atoms with Gasteiger partial charge >= 0.3 is 0 Å². The van der Waals surface area contributed by atoms with Crippen LogP contribution < -0.4 is 4.90 Å². The van der Waals surface area contributed by atoms with Crippen LogP contribution in [0.2, 0.25) is 0 Å². The molecule has 1 aliphatic heterocycles. The average Bonchev–Trinajstić information content (AvgIpc) is 2.83. The number of nitrogens with zero attached hydrogens (tertiary/aromatic N) is 2. The maximum atomic E-state index is 12.5. The van der Waals surface area contributed by atoms with Crippen LogP contribution in [0.15, 0.2) is 54.6 Å². The van der Waals surface area contributed by atoms with E-state index < -0.39 is 6.23 Å². The first-order valence-electron chi connectivity index (χ1n) is 6.71. The molecule has 0 bridgehead atoms. The Balaban J connectivity index is 1.87. The maximum absolute atomic E-state index is 12.5. The summed E-state index contributed by atoms with van der Waals surface area (Å²) in [5.41, 5.74) is 1.34. The van der Waals surface area contributed by atoms with Crippen LogP contribution in [0.3, 0.4) is 0 Å². The van der Waals surface area contributed by atoms with Crippen LogP contribution >= 0.6 is 34.8 Å². The lowest BCUT2D eigenvalue weighted by molar-refractivity contribution is 0.0821. The monoisotopic (exact) mass is 424 g/mol. The molecule has 1 saturated heterocycles. The van der Waals surface area contributed by atoms with Gasteiger partial charge in [0, 0.05) is 14.8 Å². The van der Waals surface area contributed by atoms with Crippen molar-refractivity contribution in [3.05, 3.63) is 63.7 Å². The molecule has 6 heteroatoms. The molecule has 1 N–H and O–H groups in total. The molecule has 1 aliphatic rings. The molecule has 2 aromatic carbocycles. The molecule has 1 atom stereocenters. The Hall–Kier alpha value is -1.51. The molecular weight excluding hydrogens is 411 g/mol. The number of benzene rings is 2. The summed E-state index contributed by atoms with van der Waals surface area (Å²) in [7, 11) is 0. The number of halogens is 1. The molecule has 1 fully saturated rings. The van der Waals surface area contributed by atoms with Crippen LogP contribution in [0.5, 0.6) is 0 Å². The fraction of sp³-hybridized carbons (Fsp3) is 0.125. The fourth-order valence-electron chi connectivity index (χ4n) is 2.37. The van der Waals surface area contributed by atoms with E-state index in [0.29, 0.717) is 10.7 Å². The largest absolute Gasteiger partial charge is 0.371 e. The maximum Gasteiger partial charge on any atom is 0.260 e. The number of hydrogen-bond acceptors (Lipinski definition) is 3. The van der Waals surface area contributed by atoms with Crippen molar-refractivity contribution in [2.45, 2.75) is 6.23 Å². The number of β-amino-alcohol motifs (C(OH)–C–C–N with tert-alkyl or cyclic N) is 1. The van der Waals surface area contributed by atoms with Crippen molar-refractivity contribution in [2.75, 3.05) is 11.4 Å². The normalized spacial score (nSPS) is 17.9. The molecule has 0 spiro atoms. The Kier molecular flexibility index (Phi) is 4.42. The molecule has 4 nitrogen and oxygen atoms in total. The zero-order valence-corrected chi connectivity index (χ0v) is 14.5. The first-order chi connectivity index (χ1) is 10.6. The predicted molar refractivity (Wildman–Crippen MR) is 97.7 cm³/mol. The number of amides is 1. The van der Waals surface area contributed by atoms with Gasteiger partial charge in [-0.2, -0.15) is 0 Å². The van der Waals surface area contributed by atoms with E-state index in [9.17, 15) is 9.90 Å². The van der Waals surface area contributed by atoms with Crippen LogP contribution in [0.1, 0.15) is 10.4 Å². The number of aliphatic hydroxyl groups excluding tert-OH is 1. The highest BCUT2D eigenvalue weighted by Gasteiger charge is 2.37. The molecule has 22 heavy (non-hydrogen) atoms. The zero-order valence-electron chi connectivity index (χ0n) is 11.5. The van der Waals surface area contributed by atoms with Crippen molar-refractivity contribution >= 4 is 51.5 Å². The van der Waals surface area contributed by atoms with E-state index in [4.69, 9.17) is 12.2 Å². The SMILES string of the molecule is O=C(c1ccccc1)N1C[C@@H](O)N(c2ccc(I)cc2)C1=S. The second-order valence-corrected chi connectivity index (χ2v) is 6.50. The smallest absolute Gasteiger partial charge is 0.260 e. The predicted octanol–water partition coefficient (Wildman–Crippen LogP) is 2.86. The average molecular weight is 424 g/mol. The van der Waals surface area contributed by atoms with Gasteiger partial charge in [-0.3, -0.25) is 14.6 Å². The summed E-state index contributed by atoms with van der Waals surface area (Å²) in [6, 6.07) is 16.6. The Bertz CT molecular complexity index is 706. The van der Waals surface area contributed by atoms with Gasteiger partial charge in [-0.1, -0.05) is 18.2 Å². The highest BCUT2D eigenvalue weighted by Crippen LogP contribution is 2.26. The molecule has 0 radical (unpaired) electrons. The van der Waals surface area contributed by atoms with Crippen molar-refractivity contribution in [3.63, 3.8) is 0 Å². The Morgan fingerprint density at radius 3 is 2.41 bits per heavy atom. The van der Waals surface area contributed by atoms with Crippen LogP contribution in [0.4, 0.5) is 5.69 Å². The minimum Gasteiger partial charge on any atom is -0.371 e. The summed E-state index contributed by atoms with van der Waals surface area (Å²) in [6.07, 6.45) is -0.833. The molecule has 1 amide bonds. The van der Waals surface area contributed by atoms with Gasteiger partial charge < -0.3 is 5.11 Å². The van der Waals surface area contributed by atoms with E-state index in [1.165, 1.54) is 4.90 Å². The van der Waals surface area contributed by atoms with Crippen LogP contribution in [0.25, 0.3) is 0 Å². The molecule has 1 heterocycles. The van der Waals surface area contributed by atoms with Gasteiger partial charge in [-0.25, -0.2) is 0 Å². The third-order valence-electron chi connectivity index (χ3n) is 3.45. The zero-order chi connectivity index (χ0) is 15.7. The summed E-state index contributed by atoms with van der Waals surface area (Å²) in [5, 5.41) is 10.6. The number of hydrogen-bond donors (Lipinski definition) is 1. The van der Waals surface area contributed by atoms with Crippen molar-refractivity contribution < 1.29 is 9.90 Å². The van der Waals surface area contributed by atoms with Crippen molar-refractivity contribution in [1.82, 2.24) is 4.90 Å². The number of thiocarbonyl (C=S) groups is 1. The highest BCUT2D eigenvalue weighted by atomic mass is 127. The quantitative estimate of drug-likeness (QED) is 0.595. The molecule has 0 saturated carbocycles. The lowest BCUT2D eigenvalue weighted by Gasteiger charge is -2.22. The third-order valence-corrected chi connectivity index (χ3v) is 4.59. The van der Waals surface area contributed by atoms with Gasteiger partial charge in [0.2, 0.25) is 0 Å². The second-order valence-electron chi connectivity index (χ2n) is 4.89. The van der Waals surface area contributed by atoms with Crippen molar-refractivity contribution in [3.8, 4) is 0 Å². The van der Waals surface area contributed by atoms with Gasteiger partial charge in [0.15, 0.2) is 11.3 Å². The van der Waals surface area contributed by atoms with Crippen LogP contribution in [-0.4, -0.2) is 33.8 Å². The van der Waals surface area contributed by atoms with Crippen LogP contribution in [0, 0.1) is 3.57 Å². The standard InChI is InChI=1S/C16H13IN2O2S/c17-12-6-8-13(9-7-12)19-14(20)10-18(16(19)22)15(21)11-4-2-1-3-5-11/h1-9,14,20H,10H2/t14-/m1/s1. The molecule has 2 aromatic rings. The topological polar surface area (TPSA) is 43.8 Å². The molecule has 0 aliphatic carbocycles. The summed E-state index contributed by atoms with van der Waals surface area (Å²) in [4.78, 5) is 15.6. The molecule has 112 valence electrons. The van der Waals surface area contributed by atoms with E-state index >= 15 is 0 Å². The number of anilines is 1. The second kappa shape index (κ2) is 6.31. The number of carbonyl (C=O) groups is 1. The molecule has 0 unspecified atom stereocenters. The van der Waals surface area contributed by atoms with E-state index in [1.807, 2.05) is 30.3 Å². The van der Waals surface area contributed by atoms with Gasteiger partial charge in [0.1, 0.15) is 0 Å². The Morgan fingerprint density at radius 1 is 1.14 bits per heavy atom. The van der Waals surface area contributed by atoms with Gasteiger partial charge in [0.05, 0.1) is 6.54 Å². The fourth-order valence-corrected chi connectivity index (χ4v) is 3.12. The minimum atomic E-state index is -0.833. The minimum absolute atomic E-state index is 0.165. The number of rotatable bonds is 2. The summed E-state index contributed by atoms with van der Waals surface area (Å²) in [6.45, 7) is 0.165. The van der Waals surface area contributed by atoms with Gasteiger partial charge in [-0.15, -0.1) is 0 Å². The van der Waals surface area contributed by atoms with Gasteiger partial charge in [0.25, 0.3) is 5.91 Å². The van der Waals surface area contributed by atoms with E-state index in [-0.39, 0.29) is 12.5 Å². The van der Waals surface area contributed by atoms with Crippen molar-refractivity contribution in [1.29, 1.82) is 0 Å². The summed E-state index contributed by atoms with van der Waals surface area (Å²) >= 11 is 7.61. The number of carbonyl (C=O) groups excluding carboxylic acids is 1. The third kappa shape index (κ3) is 2.86. The summed E-state index contributed by atoms with van der Waals surface area (Å²) < 4.78 is 1.10. The van der Waals surface area contributed by atoms with Gasteiger partial charge in [-0.05, 0) is 71.2 Å². The summed E-state index contributed by atoms with van der Waals surface area (Å²) in [5.74, 6) is -0.197. The molecule has 0 aromatic heterocycles. The van der Waals surface area contributed by atoms with E-state index in [1.54, 1.807) is 29.2 Å². The molecular formula is C16H13IN2O2S. The highest BCUT2D eigenvalue weighted by molar-refractivity contribution is 14.1. The van der Waals surface area contributed by atoms with E-state index in [2.05, 4.69) is 22.6 Å². The lowest BCUT2D eigenvalue weighted by atomic mass is 10.2.